The van der Waals surface area contributed by atoms with Crippen LogP contribution in [0.25, 0.3) is 0 Å². The fourth-order valence-corrected chi connectivity index (χ4v) is 3.25. The van der Waals surface area contributed by atoms with Gasteiger partial charge in [-0.15, -0.1) is 5.10 Å². The minimum atomic E-state index is 0.0308. The average molecular weight is 383 g/mol. The van der Waals surface area contributed by atoms with Crippen molar-refractivity contribution in [2.24, 2.45) is 0 Å². The molecular weight excluding hydrogens is 368 g/mol. The van der Waals surface area contributed by atoms with Gasteiger partial charge in [-0.2, -0.15) is 0 Å². The topological polar surface area (TPSA) is 75.1 Å². The van der Waals surface area contributed by atoms with Crippen LogP contribution < -0.4 is 4.90 Å². The van der Waals surface area contributed by atoms with Gasteiger partial charge in [-0.25, -0.2) is 9.97 Å². The summed E-state index contributed by atoms with van der Waals surface area (Å²) in [5, 5.41) is 4.01. The van der Waals surface area contributed by atoms with Crippen LogP contribution in [0.2, 0.25) is 0 Å². The van der Waals surface area contributed by atoms with E-state index in [1.807, 2.05) is 11.8 Å². The van der Waals surface area contributed by atoms with Gasteiger partial charge in [-0.3, -0.25) is 4.79 Å². The zero-order valence-corrected chi connectivity index (χ0v) is 14.5. The summed E-state index contributed by atoms with van der Waals surface area (Å²) in [5.41, 5.74) is 0.786. The lowest BCUT2D eigenvalue weighted by atomic mass is 10.2. The molecule has 2 aromatic rings. The maximum absolute atomic E-state index is 12.5. The molecule has 0 atom stereocenters. The summed E-state index contributed by atoms with van der Waals surface area (Å²) in [7, 11) is 0. The minimum absolute atomic E-state index is 0.0308. The molecule has 0 radical (unpaired) electrons. The maximum Gasteiger partial charge on any atom is 0.267 e. The van der Waals surface area contributed by atoms with E-state index in [-0.39, 0.29) is 5.91 Å². The summed E-state index contributed by atoms with van der Waals surface area (Å²) in [6, 6.07) is 0. The van der Waals surface area contributed by atoms with Crippen LogP contribution in [0.1, 0.15) is 22.3 Å². The number of halogens is 1. The fourth-order valence-electron chi connectivity index (χ4n) is 2.32. The van der Waals surface area contributed by atoms with Crippen molar-refractivity contribution in [3.8, 4) is 0 Å². The van der Waals surface area contributed by atoms with Gasteiger partial charge in [0.05, 0.1) is 10.2 Å². The number of nitrogens with zero attached hydrogens (tertiary/aromatic N) is 6. The summed E-state index contributed by atoms with van der Waals surface area (Å²) in [5.74, 6) is 0.729. The molecule has 1 amide bonds. The van der Waals surface area contributed by atoms with Crippen molar-refractivity contribution in [3.63, 3.8) is 0 Å². The third kappa shape index (κ3) is 3.09. The first-order chi connectivity index (χ1) is 10.7. The van der Waals surface area contributed by atoms with E-state index in [9.17, 15) is 4.79 Å². The Hall–Kier alpha value is -1.61. The van der Waals surface area contributed by atoms with Gasteiger partial charge >= 0.3 is 0 Å². The zero-order valence-electron chi connectivity index (χ0n) is 12.1. The van der Waals surface area contributed by atoms with E-state index in [2.05, 4.69) is 40.4 Å². The Kier molecular flexibility index (Phi) is 4.63. The summed E-state index contributed by atoms with van der Waals surface area (Å²) in [6.07, 6.45) is 4.19. The standard InChI is InChI=1S/C13H15BrN6OS/c1-2-10-11(22-18-17-10)12(21)19-3-5-20(6-4-19)13-15-7-9(14)8-16-13/h7-8H,2-6H2,1H3. The second-order valence-corrected chi connectivity index (χ2v) is 6.55. The number of carbonyl (C=O) groups is 1. The van der Waals surface area contributed by atoms with Crippen molar-refractivity contribution < 1.29 is 4.79 Å². The molecule has 116 valence electrons. The predicted octanol–water partition coefficient (Wildman–Crippen LogP) is 1.62. The van der Waals surface area contributed by atoms with Crippen molar-refractivity contribution >= 4 is 39.3 Å². The molecule has 2 aromatic heterocycles. The molecule has 9 heteroatoms. The highest BCUT2D eigenvalue weighted by molar-refractivity contribution is 9.10. The smallest absolute Gasteiger partial charge is 0.267 e. The number of rotatable bonds is 3. The lowest BCUT2D eigenvalue weighted by molar-refractivity contribution is 0.0750. The van der Waals surface area contributed by atoms with Crippen LogP contribution in [0, 0.1) is 0 Å². The van der Waals surface area contributed by atoms with Crippen LogP contribution in [0.5, 0.6) is 0 Å². The minimum Gasteiger partial charge on any atom is -0.337 e. The van der Waals surface area contributed by atoms with Crippen molar-refractivity contribution in [2.45, 2.75) is 13.3 Å². The molecule has 22 heavy (non-hydrogen) atoms. The highest BCUT2D eigenvalue weighted by Crippen LogP contribution is 2.18. The SMILES string of the molecule is CCc1nnsc1C(=O)N1CCN(c2ncc(Br)cn2)CC1. The monoisotopic (exact) mass is 382 g/mol. The fraction of sp³-hybridized carbons (Fsp3) is 0.462. The van der Waals surface area contributed by atoms with Gasteiger partial charge in [0.25, 0.3) is 5.91 Å². The van der Waals surface area contributed by atoms with Crippen molar-refractivity contribution in [2.75, 3.05) is 31.1 Å². The molecule has 0 spiro atoms. The van der Waals surface area contributed by atoms with E-state index < -0.39 is 0 Å². The summed E-state index contributed by atoms with van der Waals surface area (Å²) in [6.45, 7) is 4.73. The molecule has 0 bridgehead atoms. The molecule has 3 heterocycles. The third-order valence-electron chi connectivity index (χ3n) is 3.54. The van der Waals surface area contributed by atoms with E-state index in [4.69, 9.17) is 0 Å². The molecule has 1 aliphatic heterocycles. The Morgan fingerprint density at radius 1 is 1.27 bits per heavy atom. The quantitative estimate of drug-likeness (QED) is 0.802. The zero-order chi connectivity index (χ0) is 15.5. The number of aryl methyl sites for hydroxylation is 1. The van der Waals surface area contributed by atoms with E-state index >= 15 is 0 Å². The van der Waals surface area contributed by atoms with Gasteiger partial charge in [0.2, 0.25) is 5.95 Å². The number of hydrogen-bond donors (Lipinski definition) is 0. The first-order valence-corrected chi connectivity index (χ1v) is 8.58. The number of anilines is 1. The number of hydrogen-bond acceptors (Lipinski definition) is 7. The Morgan fingerprint density at radius 3 is 2.59 bits per heavy atom. The first kappa shape index (κ1) is 15.3. The van der Waals surface area contributed by atoms with Crippen LogP contribution in [-0.4, -0.2) is 56.5 Å². The largest absolute Gasteiger partial charge is 0.337 e. The van der Waals surface area contributed by atoms with E-state index in [1.165, 1.54) is 11.5 Å². The highest BCUT2D eigenvalue weighted by atomic mass is 79.9. The molecular formula is C13H15BrN6OS. The molecule has 1 fully saturated rings. The molecule has 0 aliphatic carbocycles. The second-order valence-electron chi connectivity index (χ2n) is 4.88. The molecule has 7 nitrogen and oxygen atoms in total. The number of carbonyl (C=O) groups excluding carboxylic acids is 1. The number of aromatic nitrogens is 4. The molecule has 1 saturated heterocycles. The lowest BCUT2D eigenvalue weighted by Gasteiger charge is -2.34. The highest BCUT2D eigenvalue weighted by Gasteiger charge is 2.26. The Labute approximate surface area is 140 Å². The normalized spacial score (nSPS) is 15.2. The van der Waals surface area contributed by atoms with Gasteiger partial charge < -0.3 is 9.80 Å². The van der Waals surface area contributed by atoms with Gasteiger partial charge in [0.15, 0.2) is 0 Å². The summed E-state index contributed by atoms with van der Waals surface area (Å²) in [4.78, 5) is 25.7. The Morgan fingerprint density at radius 2 is 1.95 bits per heavy atom. The molecule has 1 aliphatic rings. The van der Waals surface area contributed by atoms with Crippen molar-refractivity contribution in [3.05, 3.63) is 27.4 Å². The predicted molar refractivity (Wildman–Crippen MR) is 87.1 cm³/mol. The van der Waals surface area contributed by atoms with E-state index in [0.717, 1.165) is 29.7 Å². The lowest BCUT2D eigenvalue weighted by Crippen LogP contribution is -2.49. The Balaban J connectivity index is 1.64. The van der Waals surface area contributed by atoms with Crippen molar-refractivity contribution in [1.82, 2.24) is 24.5 Å². The van der Waals surface area contributed by atoms with Crippen LogP contribution in [0.15, 0.2) is 16.9 Å². The van der Waals surface area contributed by atoms with Gasteiger partial charge in [0.1, 0.15) is 4.88 Å². The maximum atomic E-state index is 12.5. The molecule has 0 aromatic carbocycles. The van der Waals surface area contributed by atoms with E-state index in [1.54, 1.807) is 12.4 Å². The summed E-state index contributed by atoms with van der Waals surface area (Å²) >= 11 is 4.51. The molecule has 0 N–H and O–H groups in total. The third-order valence-corrected chi connectivity index (χ3v) is 4.71. The Bertz CT molecular complexity index is 653. The number of piperazine rings is 1. The van der Waals surface area contributed by atoms with Crippen LogP contribution >= 0.6 is 27.5 Å². The summed E-state index contributed by atoms with van der Waals surface area (Å²) < 4.78 is 4.75. The van der Waals surface area contributed by atoms with E-state index in [0.29, 0.717) is 23.9 Å². The molecule has 0 unspecified atom stereocenters. The van der Waals surface area contributed by atoms with Gasteiger partial charge in [0, 0.05) is 38.6 Å². The number of amides is 1. The molecule has 0 saturated carbocycles. The first-order valence-electron chi connectivity index (χ1n) is 7.02. The van der Waals surface area contributed by atoms with Gasteiger partial charge in [-0.1, -0.05) is 11.4 Å². The van der Waals surface area contributed by atoms with Gasteiger partial charge in [-0.05, 0) is 33.9 Å². The van der Waals surface area contributed by atoms with Crippen LogP contribution in [0.4, 0.5) is 5.95 Å². The van der Waals surface area contributed by atoms with Crippen LogP contribution in [-0.2, 0) is 6.42 Å². The molecule has 3 rings (SSSR count). The van der Waals surface area contributed by atoms with Crippen molar-refractivity contribution in [1.29, 1.82) is 0 Å². The average Bonchev–Trinajstić information content (AvgIpc) is 3.04. The van der Waals surface area contributed by atoms with Crippen LogP contribution in [0.3, 0.4) is 0 Å². The second kappa shape index (κ2) is 6.66.